The average Bonchev–Trinajstić information content (AvgIpc) is 3.00. The van der Waals surface area contributed by atoms with Crippen molar-refractivity contribution in [2.45, 2.75) is 77.8 Å². The van der Waals surface area contributed by atoms with Gasteiger partial charge in [-0.25, -0.2) is 0 Å². The van der Waals surface area contributed by atoms with Crippen LogP contribution in [-0.2, 0) is 28.7 Å². The molecule has 0 saturated carbocycles. The largest absolute Gasteiger partial charge is 2.00 e. The summed E-state index contributed by atoms with van der Waals surface area (Å²) in [7, 11) is 0. The molecule has 0 amide bonds. The van der Waals surface area contributed by atoms with E-state index in [1.54, 1.807) is 0 Å². The number of ether oxygens (including phenoxy) is 2. The number of fused-ring (bicyclic) bond motifs is 2. The van der Waals surface area contributed by atoms with Gasteiger partial charge in [-0.2, -0.15) is 0 Å². The molecule has 0 fully saturated rings. The van der Waals surface area contributed by atoms with Crippen LogP contribution in [0.15, 0.2) is 46.6 Å². The normalized spacial score (nSPS) is 26.2. The molecule has 15 heteroatoms. The van der Waals surface area contributed by atoms with E-state index in [1.165, 1.54) is 39.8 Å². The molecule has 4 aliphatic rings. The molecule has 53 heavy (non-hydrogen) atoms. The van der Waals surface area contributed by atoms with Crippen LogP contribution < -0.4 is 0 Å². The van der Waals surface area contributed by atoms with Crippen LogP contribution in [0.5, 0.6) is 11.5 Å². The second kappa shape index (κ2) is 13.5. The van der Waals surface area contributed by atoms with E-state index in [4.69, 9.17) is 9.47 Å². The molecule has 270 valence electrons. The van der Waals surface area contributed by atoms with Crippen LogP contribution >= 0.6 is 0 Å². The summed E-state index contributed by atoms with van der Waals surface area (Å²) in [6.07, 6.45) is -3.49. The summed E-state index contributed by atoms with van der Waals surface area (Å²) in [6, 6.07) is 4.63. The topological polar surface area (TPSA) is 236 Å². The Labute approximate surface area is 331 Å². The van der Waals surface area contributed by atoms with Gasteiger partial charge in [0.25, 0.3) is 0 Å². The number of aliphatic hydroxyl groups is 2. The number of ketones is 6. The number of hydrogen-bond donors (Lipinski definition) is 4. The molecule has 6 atom stereocenters. The first-order valence-electron chi connectivity index (χ1n) is 16.4. The summed E-state index contributed by atoms with van der Waals surface area (Å²) < 4.78 is 10.5. The maximum absolute atomic E-state index is 14.0. The van der Waals surface area contributed by atoms with Gasteiger partial charge in [0, 0.05) is 60.1 Å². The van der Waals surface area contributed by atoms with Crippen molar-refractivity contribution in [2.24, 2.45) is 11.8 Å². The summed E-state index contributed by atoms with van der Waals surface area (Å²) in [5.41, 5.74) is -8.14. The van der Waals surface area contributed by atoms with Gasteiger partial charge >= 0.3 is 49.7 Å². The van der Waals surface area contributed by atoms with Crippen molar-refractivity contribution >= 4 is 84.4 Å². The Hall–Kier alpha value is -4.34. The molecule has 14 nitrogen and oxygen atoms in total. The molecule has 0 aromatic heterocycles. The fraction of sp³-hybridized carbons (Fsp3) is 0.368. The van der Waals surface area contributed by atoms with Gasteiger partial charge in [0.05, 0.1) is 45.3 Å². The monoisotopic (exact) mass is 754 g/mol. The first-order chi connectivity index (χ1) is 24.1. The molecule has 2 aromatic carbocycles. The van der Waals surface area contributed by atoms with Crippen molar-refractivity contribution < 1.29 is 68.3 Å². The average molecular weight is 755 g/mol. The summed E-state index contributed by atoms with van der Waals surface area (Å²) in [4.78, 5) is 106. The Morgan fingerprint density at radius 3 is 1.23 bits per heavy atom. The molecule has 0 bridgehead atoms. The fourth-order valence-corrected chi connectivity index (χ4v) is 8.42. The molecular weight excluding hydrogens is 720 g/mol. The first-order valence-corrected chi connectivity index (χ1v) is 16.4. The zero-order valence-electron chi connectivity index (χ0n) is 29.6. The maximum Gasteiger partial charge on any atom is 2.00 e. The molecule has 0 radical (unpaired) electrons. The van der Waals surface area contributed by atoms with Crippen molar-refractivity contribution in [1.29, 1.82) is 0 Å². The van der Waals surface area contributed by atoms with E-state index >= 15 is 0 Å². The number of Topliss-reactive ketones (excluding diaryl/α,β-unsaturated/α-hetero) is 6. The maximum atomic E-state index is 14.0. The molecule has 0 saturated heterocycles. The van der Waals surface area contributed by atoms with E-state index in [0.29, 0.717) is 0 Å². The van der Waals surface area contributed by atoms with Gasteiger partial charge < -0.3 is 29.9 Å². The summed E-state index contributed by atoms with van der Waals surface area (Å²) in [6.45, 7) is 7.61. The van der Waals surface area contributed by atoms with Gasteiger partial charge in [0.15, 0.2) is 23.1 Å². The number of carbonyl (C=O) groups excluding carboxylic acids is 8. The number of allylic oxidation sites excluding steroid dienone is 2. The third kappa shape index (κ3) is 6.10. The Kier molecular flexibility index (Phi) is 10.2. The summed E-state index contributed by atoms with van der Waals surface area (Å²) >= 11 is 0. The predicted octanol–water partition coefficient (Wildman–Crippen LogP) is 2.32. The van der Waals surface area contributed by atoms with E-state index in [0.717, 1.165) is 26.0 Å². The minimum atomic E-state index is -1.89. The van der Waals surface area contributed by atoms with Gasteiger partial charge in [-0.3, -0.25) is 38.4 Å². The van der Waals surface area contributed by atoms with Crippen molar-refractivity contribution in [1.82, 2.24) is 0 Å². The van der Waals surface area contributed by atoms with Gasteiger partial charge in [-0.05, 0) is 52.0 Å². The molecule has 0 heterocycles. The van der Waals surface area contributed by atoms with Crippen molar-refractivity contribution in [3.05, 3.63) is 68.8 Å². The van der Waals surface area contributed by atoms with Crippen LogP contribution in [-0.4, -0.2) is 128 Å². The molecular formula is C38H34CaO14+2. The van der Waals surface area contributed by atoms with Gasteiger partial charge in [-0.1, -0.05) is 0 Å². The van der Waals surface area contributed by atoms with Gasteiger partial charge in [0.2, 0.25) is 11.6 Å². The molecule has 2 aromatic rings. The van der Waals surface area contributed by atoms with Gasteiger partial charge in [-0.15, -0.1) is 0 Å². The quantitative estimate of drug-likeness (QED) is 0.195. The number of esters is 2. The minimum Gasteiger partial charge on any atom is -0.506 e. The Balaban J connectivity index is 0.00000541. The smallest absolute Gasteiger partial charge is 0.506 e. The zero-order chi connectivity index (χ0) is 38.5. The van der Waals surface area contributed by atoms with E-state index < -0.39 is 128 Å². The van der Waals surface area contributed by atoms with Crippen molar-refractivity contribution in [3.8, 4) is 22.6 Å². The van der Waals surface area contributed by atoms with Crippen LogP contribution in [0, 0.1) is 11.8 Å². The number of hydrogen-bond acceptors (Lipinski definition) is 14. The second-order valence-electron chi connectivity index (χ2n) is 14.2. The summed E-state index contributed by atoms with van der Waals surface area (Å²) in [5.74, 6) is -11.4. The molecule has 6 rings (SSSR count). The summed E-state index contributed by atoms with van der Waals surface area (Å²) in [5, 5.41) is 45.4. The number of phenols is 2. The third-order valence-electron chi connectivity index (χ3n) is 10.3. The number of aromatic hydroxyl groups is 2. The van der Waals surface area contributed by atoms with Crippen molar-refractivity contribution in [3.63, 3.8) is 0 Å². The van der Waals surface area contributed by atoms with E-state index in [2.05, 4.69) is 0 Å². The number of carbonyl (C=O) groups is 8. The third-order valence-corrected chi connectivity index (χ3v) is 10.3. The van der Waals surface area contributed by atoms with Crippen LogP contribution in [0.1, 0.15) is 95.8 Å². The molecule has 0 unspecified atom stereocenters. The molecule has 4 N–H and O–H groups in total. The fourth-order valence-electron chi connectivity index (χ4n) is 8.42. The van der Waals surface area contributed by atoms with Crippen LogP contribution in [0.3, 0.4) is 0 Å². The van der Waals surface area contributed by atoms with Crippen LogP contribution in [0.2, 0.25) is 0 Å². The van der Waals surface area contributed by atoms with E-state index in [1.807, 2.05) is 0 Å². The predicted molar refractivity (Wildman–Crippen MR) is 182 cm³/mol. The number of benzene rings is 2. The first kappa shape index (κ1) is 39.9. The van der Waals surface area contributed by atoms with E-state index in [9.17, 15) is 58.8 Å². The Bertz CT molecular complexity index is 2030. The standard InChI is InChI=1S/C38H34O14.Ca/c1-13(51-15(3)39)29-27-25(21(41)11-37(29,5)49)35(47)23-19(33(27)45)9-7-17(31(23)43)18-8-10-20-24(32(18)44)36(48)26-22(42)12-38(6,50)30(28(26)34(20)46)14(2)52-16(4)40;/h7-10,13-14,29-30,43-44,49-50H,11-12H2,1-6H3;/q;+2/t13-,14-,29-,30-,37+,38+;/m1./s1. The Morgan fingerprint density at radius 1 is 0.623 bits per heavy atom. The molecule has 0 aliphatic heterocycles. The SMILES string of the molecule is CC(=O)O[C@H](C)[C@@H]1C2=C(C(=O)C[C@]1(C)O)C(=O)c1c(ccc(-c3ccc4c(c3O)C(=O)C3=C(C4=O)[C@@H]([C@@H](C)OC(C)=O)[C@@](C)(O)CC3=O)c1O)C2=O.[Ca+2]. The molecule has 0 spiro atoms. The minimum absolute atomic E-state index is 0. The zero-order valence-corrected chi connectivity index (χ0v) is 31.8. The Morgan fingerprint density at radius 2 is 0.925 bits per heavy atom. The molecule has 4 aliphatic carbocycles. The van der Waals surface area contributed by atoms with Crippen molar-refractivity contribution in [2.75, 3.05) is 0 Å². The number of rotatable bonds is 5. The number of phenolic OH excluding ortho intramolecular Hbond substituents is 2. The second-order valence-corrected chi connectivity index (χ2v) is 14.2. The van der Waals surface area contributed by atoms with Crippen LogP contribution in [0.4, 0.5) is 0 Å². The van der Waals surface area contributed by atoms with E-state index in [-0.39, 0.29) is 71.1 Å². The van der Waals surface area contributed by atoms with Gasteiger partial charge in [0.1, 0.15) is 23.7 Å². The van der Waals surface area contributed by atoms with Crippen LogP contribution in [0.25, 0.3) is 11.1 Å².